The molecule has 0 bridgehead atoms. The summed E-state index contributed by atoms with van der Waals surface area (Å²) in [5.74, 6) is -1.81. The smallest absolute Gasteiger partial charge is 0.341 e. The standard InChI is InChI=1S/C16H12ClNO5/c17-13-7-10(1-6-14(13)23-9-15(19)20)8-18-12-4-2-11(3-5-12)16(21)22/h1-8H,9H2,(H,19,20)(H,21,22). The van der Waals surface area contributed by atoms with Crippen molar-refractivity contribution in [1.82, 2.24) is 0 Å². The number of ether oxygens (including phenoxy) is 1. The first-order valence-electron chi connectivity index (χ1n) is 6.47. The number of carboxylic acid groups (broad SMARTS) is 2. The molecule has 0 radical (unpaired) electrons. The van der Waals surface area contributed by atoms with Gasteiger partial charge in [0.05, 0.1) is 16.3 Å². The highest BCUT2D eigenvalue weighted by molar-refractivity contribution is 6.32. The fourth-order valence-electron chi connectivity index (χ4n) is 1.69. The van der Waals surface area contributed by atoms with Gasteiger partial charge in [-0.2, -0.15) is 0 Å². The number of benzene rings is 2. The maximum atomic E-state index is 10.8. The molecule has 2 rings (SSSR count). The van der Waals surface area contributed by atoms with E-state index in [4.69, 9.17) is 26.6 Å². The lowest BCUT2D eigenvalue weighted by Crippen LogP contribution is -2.09. The number of aliphatic imine (C=N–C) groups is 1. The Morgan fingerprint density at radius 2 is 1.83 bits per heavy atom. The first kappa shape index (κ1) is 16.5. The van der Waals surface area contributed by atoms with Gasteiger partial charge >= 0.3 is 11.9 Å². The summed E-state index contributed by atoms with van der Waals surface area (Å²) in [5, 5.41) is 17.6. The molecule has 0 fully saturated rings. The molecular formula is C16H12ClNO5. The Labute approximate surface area is 136 Å². The van der Waals surface area contributed by atoms with E-state index in [1.807, 2.05) is 0 Å². The van der Waals surface area contributed by atoms with Gasteiger partial charge in [-0.05, 0) is 48.0 Å². The Morgan fingerprint density at radius 1 is 1.13 bits per heavy atom. The summed E-state index contributed by atoms with van der Waals surface area (Å²) >= 11 is 6.01. The highest BCUT2D eigenvalue weighted by atomic mass is 35.5. The third kappa shape index (κ3) is 4.82. The van der Waals surface area contributed by atoms with Crippen LogP contribution >= 0.6 is 11.6 Å². The zero-order valence-electron chi connectivity index (χ0n) is 11.8. The number of nitrogens with zero attached hydrogens (tertiary/aromatic N) is 1. The fraction of sp³-hybridized carbons (Fsp3) is 0.0625. The van der Waals surface area contributed by atoms with Crippen molar-refractivity contribution >= 4 is 35.4 Å². The summed E-state index contributed by atoms with van der Waals surface area (Å²) in [6.45, 7) is -0.469. The third-order valence-corrected chi connectivity index (χ3v) is 3.08. The van der Waals surface area contributed by atoms with Gasteiger partial charge in [0.2, 0.25) is 0 Å². The normalized spacial score (nSPS) is 10.7. The van der Waals surface area contributed by atoms with Crippen molar-refractivity contribution in [3.63, 3.8) is 0 Å². The van der Waals surface area contributed by atoms with Crippen LogP contribution in [0.5, 0.6) is 5.75 Å². The molecule has 0 aliphatic carbocycles. The summed E-state index contributed by atoms with van der Waals surface area (Å²) < 4.78 is 5.02. The van der Waals surface area contributed by atoms with E-state index in [-0.39, 0.29) is 16.3 Å². The monoisotopic (exact) mass is 333 g/mol. The minimum absolute atomic E-state index is 0.187. The van der Waals surface area contributed by atoms with Crippen LogP contribution in [0.15, 0.2) is 47.5 Å². The second-order valence-electron chi connectivity index (χ2n) is 4.48. The molecule has 0 atom stereocenters. The SMILES string of the molecule is O=C(O)COc1ccc(C=Nc2ccc(C(=O)O)cc2)cc1Cl. The van der Waals surface area contributed by atoms with Crippen molar-refractivity contribution < 1.29 is 24.5 Å². The summed E-state index contributed by atoms with van der Waals surface area (Å²) in [6, 6.07) is 10.9. The first-order valence-corrected chi connectivity index (χ1v) is 6.85. The van der Waals surface area contributed by atoms with Crippen LogP contribution in [0.3, 0.4) is 0 Å². The predicted molar refractivity (Wildman–Crippen MR) is 85.2 cm³/mol. The van der Waals surface area contributed by atoms with Crippen LogP contribution in [0, 0.1) is 0 Å². The number of aromatic carboxylic acids is 1. The largest absolute Gasteiger partial charge is 0.480 e. The van der Waals surface area contributed by atoms with Gasteiger partial charge in [-0.15, -0.1) is 0 Å². The van der Waals surface area contributed by atoms with Crippen LogP contribution in [-0.2, 0) is 4.79 Å². The molecule has 0 saturated heterocycles. The van der Waals surface area contributed by atoms with Crippen molar-refractivity contribution in [3.8, 4) is 5.75 Å². The van der Waals surface area contributed by atoms with Gasteiger partial charge in [0, 0.05) is 6.21 Å². The van der Waals surface area contributed by atoms with Crippen molar-refractivity contribution in [2.45, 2.75) is 0 Å². The van der Waals surface area contributed by atoms with Crippen molar-refractivity contribution in [1.29, 1.82) is 0 Å². The summed E-state index contributed by atoms with van der Waals surface area (Å²) in [4.78, 5) is 25.4. The maximum Gasteiger partial charge on any atom is 0.341 e. The molecular weight excluding hydrogens is 322 g/mol. The number of carboxylic acids is 2. The van der Waals surface area contributed by atoms with Crippen LogP contribution in [0.4, 0.5) is 5.69 Å². The van der Waals surface area contributed by atoms with Gasteiger partial charge < -0.3 is 14.9 Å². The molecule has 7 heteroatoms. The molecule has 6 nitrogen and oxygen atoms in total. The average molecular weight is 334 g/mol. The molecule has 0 spiro atoms. The molecule has 23 heavy (non-hydrogen) atoms. The second kappa shape index (κ2) is 7.42. The van der Waals surface area contributed by atoms with Gasteiger partial charge in [0.1, 0.15) is 5.75 Å². The van der Waals surface area contributed by atoms with Gasteiger partial charge in [-0.1, -0.05) is 11.6 Å². The zero-order valence-corrected chi connectivity index (χ0v) is 12.5. The average Bonchev–Trinajstić information content (AvgIpc) is 2.52. The highest BCUT2D eigenvalue weighted by Crippen LogP contribution is 2.25. The van der Waals surface area contributed by atoms with Crippen LogP contribution < -0.4 is 4.74 Å². The maximum absolute atomic E-state index is 10.8. The van der Waals surface area contributed by atoms with Crippen molar-refractivity contribution in [2.24, 2.45) is 4.99 Å². The Hall–Kier alpha value is -2.86. The van der Waals surface area contributed by atoms with E-state index in [1.165, 1.54) is 12.1 Å². The second-order valence-corrected chi connectivity index (χ2v) is 4.89. The minimum atomic E-state index is -1.09. The molecule has 0 aliphatic rings. The number of aliphatic carboxylic acids is 1. The number of carbonyl (C=O) groups is 2. The van der Waals surface area contributed by atoms with Crippen LogP contribution in [-0.4, -0.2) is 35.0 Å². The molecule has 0 aromatic heterocycles. The number of rotatable bonds is 6. The Bertz CT molecular complexity index is 756. The highest BCUT2D eigenvalue weighted by Gasteiger charge is 2.05. The molecule has 0 heterocycles. The van der Waals surface area contributed by atoms with E-state index >= 15 is 0 Å². The van der Waals surface area contributed by atoms with Crippen LogP contribution in [0.2, 0.25) is 5.02 Å². The third-order valence-electron chi connectivity index (χ3n) is 2.78. The van der Waals surface area contributed by atoms with Crippen LogP contribution in [0.1, 0.15) is 15.9 Å². The molecule has 2 N–H and O–H groups in total. The van der Waals surface area contributed by atoms with E-state index in [0.29, 0.717) is 11.3 Å². The van der Waals surface area contributed by atoms with Gasteiger partial charge in [-0.25, -0.2) is 9.59 Å². The minimum Gasteiger partial charge on any atom is -0.480 e. The molecule has 0 saturated carbocycles. The van der Waals surface area contributed by atoms with E-state index in [0.717, 1.165) is 0 Å². The van der Waals surface area contributed by atoms with Gasteiger partial charge in [0.15, 0.2) is 6.61 Å². The number of hydrogen-bond donors (Lipinski definition) is 2. The topological polar surface area (TPSA) is 96.2 Å². The Balaban J connectivity index is 2.08. The lowest BCUT2D eigenvalue weighted by molar-refractivity contribution is -0.139. The van der Waals surface area contributed by atoms with Gasteiger partial charge in [-0.3, -0.25) is 4.99 Å². The lowest BCUT2D eigenvalue weighted by atomic mass is 10.2. The molecule has 0 amide bonds. The van der Waals surface area contributed by atoms with Crippen LogP contribution in [0.25, 0.3) is 0 Å². The quantitative estimate of drug-likeness (QED) is 0.791. The molecule has 0 aliphatic heterocycles. The molecule has 2 aromatic carbocycles. The molecule has 118 valence electrons. The van der Waals surface area contributed by atoms with Crippen molar-refractivity contribution in [3.05, 3.63) is 58.6 Å². The molecule has 0 unspecified atom stereocenters. The predicted octanol–water partition coefficient (Wildman–Crippen LogP) is 3.25. The zero-order chi connectivity index (χ0) is 16.8. The number of halogens is 1. The van der Waals surface area contributed by atoms with E-state index < -0.39 is 18.5 Å². The summed E-state index contributed by atoms with van der Waals surface area (Å²) in [6.07, 6.45) is 1.56. The summed E-state index contributed by atoms with van der Waals surface area (Å²) in [7, 11) is 0. The van der Waals surface area contributed by atoms with E-state index in [1.54, 1.807) is 36.5 Å². The summed E-state index contributed by atoms with van der Waals surface area (Å²) in [5.41, 5.74) is 1.48. The fourth-order valence-corrected chi connectivity index (χ4v) is 1.94. The Morgan fingerprint density at radius 3 is 2.39 bits per heavy atom. The number of hydrogen-bond acceptors (Lipinski definition) is 4. The lowest BCUT2D eigenvalue weighted by Gasteiger charge is -2.05. The van der Waals surface area contributed by atoms with Gasteiger partial charge in [0.25, 0.3) is 0 Å². The first-order chi connectivity index (χ1) is 11.0. The van der Waals surface area contributed by atoms with E-state index in [9.17, 15) is 9.59 Å². The Kier molecular flexibility index (Phi) is 5.32. The molecule has 2 aromatic rings. The van der Waals surface area contributed by atoms with E-state index in [2.05, 4.69) is 4.99 Å². The van der Waals surface area contributed by atoms with Crippen molar-refractivity contribution in [2.75, 3.05) is 6.61 Å².